The molecule has 1 aromatic carbocycles. The molecular formula is C17H21BrN2O4S. The minimum absolute atomic E-state index is 0.200. The number of carbonyl (C=O) groups is 1. The van der Waals surface area contributed by atoms with Gasteiger partial charge in [0.05, 0.1) is 14.9 Å². The zero-order valence-corrected chi connectivity index (χ0v) is 17.0. The summed E-state index contributed by atoms with van der Waals surface area (Å²) in [5.41, 5.74) is 0.936. The highest BCUT2D eigenvalue weighted by Gasteiger charge is 2.22. The number of sulfonamides is 1. The molecule has 136 valence electrons. The number of benzene rings is 1. The van der Waals surface area contributed by atoms with Gasteiger partial charge in [0.2, 0.25) is 10.0 Å². The first-order chi connectivity index (χ1) is 11.7. The zero-order valence-electron chi connectivity index (χ0n) is 14.6. The average molecular weight is 429 g/mol. The van der Waals surface area contributed by atoms with Crippen LogP contribution in [-0.2, 0) is 10.0 Å². The topological polar surface area (TPSA) is 79.6 Å². The van der Waals surface area contributed by atoms with E-state index in [1.165, 1.54) is 16.4 Å². The van der Waals surface area contributed by atoms with E-state index in [4.69, 9.17) is 4.42 Å². The number of hydrogen-bond acceptors (Lipinski definition) is 4. The van der Waals surface area contributed by atoms with Gasteiger partial charge in [0.1, 0.15) is 11.5 Å². The number of amides is 1. The van der Waals surface area contributed by atoms with E-state index in [1.54, 1.807) is 39.8 Å². The maximum atomic E-state index is 12.5. The second-order valence-corrected chi connectivity index (χ2v) is 8.20. The van der Waals surface area contributed by atoms with E-state index < -0.39 is 10.0 Å². The average Bonchev–Trinajstić information content (AvgIpc) is 2.81. The van der Waals surface area contributed by atoms with Crippen LogP contribution in [0, 0.1) is 13.8 Å². The van der Waals surface area contributed by atoms with Crippen LogP contribution in [0.25, 0.3) is 0 Å². The van der Waals surface area contributed by atoms with Gasteiger partial charge in [-0.1, -0.05) is 13.8 Å². The van der Waals surface area contributed by atoms with E-state index in [1.807, 2.05) is 0 Å². The number of aryl methyl sites for hydroxylation is 2. The maximum Gasteiger partial charge on any atom is 0.260 e. The summed E-state index contributed by atoms with van der Waals surface area (Å²) in [7, 11) is -3.51. The fraction of sp³-hybridized carbons (Fsp3) is 0.353. The molecule has 0 aliphatic rings. The lowest BCUT2D eigenvalue weighted by atomic mass is 10.2. The number of hydrogen-bond donors (Lipinski definition) is 1. The highest BCUT2D eigenvalue weighted by atomic mass is 79.9. The number of nitrogens with zero attached hydrogens (tertiary/aromatic N) is 1. The third-order valence-electron chi connectivity index (χ3n) is 3.87. The van der Waals surface area contributed by atoms with E-state index in [2.05, 4.69) is 21.2 Å². The lowest BCUT2D eigenvalue weighted by Crippen LogP contribution is -2.30. The number of nitrogens with one attached hydrogen (secondary N) is 1. The van der Waals surface area contributed by atoms with Crippen molar-refractivity contribution in [2.24, 2.45) is 0 Å². The van der Waals surface area contributed by atoms with Crippen molar-refractivity contribution >= 4 is 37.5 Å². The minimum atomic E-state index is -3.51. The lowest BCUT2D eigenvalue weighted by molar-refractivity contribution is 0.102. The molecule has 0 saturated heterocycles. The quantitative estimate of drug-likeness (QED) is 0.755. The molecule has 0 aliphatic carbocycles. The Kier molecular flexibility index (Phi) is 6.08. The third kappa shape index (κ3) is 3.96. The predicted molar refractivity (Wildman–Crippen MR) is 100 cm³/mol. The normalized spacial score (nSPS) is 11.8. The highest BCUT2D eigenvalue weighted by molar-refractivity contribution is 9.10. The molecular weight excluding hydrogens is 408 g/mol. The summed E-state index contributed by atoms with van der Waals surface area (Å²) in [6.07, 6.45) is 0. The first-order valence-corrected chi connectivity index (χ1v) is 10.1. The number of furan rings is 1. The number of anilines is 1. The van der Waals surface area contributed by atoms with Crippen LogP contribution < -0.4 is 5.32 Å². The molecule has 0 unspecified atom stereocenters. The summed E-state index contributed by atoms with van der Waals surface area (Å²) < 4.78 is 32.3. The summed E-state index contributed by atoms with van der Waals surface area (Å²) in [5, 5.41) is 2.75. The molecule has 1 amide bonds. The summed E-state index contributed by atoms with van der Waals surface area (Å²) in [5.74, 6) is 0.825. The molecule has 2 aromatic rings. The van der Waals surface area contributed by atoms with Gasteiger partial charge >= 0.3 is 0 Å². The van der Waals surface area contributed by atoms with Crippen molar-refractivity contribution in [1.82, 2.24) is 4.31 Å². The van der Waals surface area contributed by atoms with Crippen molar-refractivity contribution in [3.8, 4) is 0 Å². The van der Waals surface area contributed by atoms with Crippen LogP contribution >= 0.6 is 15.9 Å². The van der Waals surface area contributed by atoms with Crippen LogP contribution in [0.15, 0.2) is 38.1 Å². The second-order valence-electron chi connectivity index (χ2n) is 5.47. The van der Waals surface area contributed by atoms with Crippen LogP contribution in [0.2, 0.25) is 0 Å². The summed E-state index contributed by atoms with van der Waals surface area (Å²) in [6.45, 7) is 7.88. The molecule has 0 aliphatic heterocycles. The van der Waals surface area contributed by atoms with Crippen molar-refractivity contribution in [2.45, 2.75) is 32.6 Å². The molecule has 0 fully saturated rings. The Morgan fingerprint density at radius 2 is 1.68 bits per heavy atom. The summed E-state index contributed by atoms with van der Waals surface area (Å²) in [4.78, 5) is 12.6. The van der Waals surface area contributed by atoms with E-state index in [9.17, 15) is 13.2 Å². The largest absolute Gasteiger partial charge is 0.465 e. The fourth-order valence-corrected chi connectivity index (χ4v) is 4.53. The van der Waals surface area contributed by atoms with Crippen LogP contribution in [0.5, 0.6) is 0 Å². The smallest absolute Gasteiger partial charge is 0.260 e. The van der Waals surface area contributed by atoms with Crippen molar-refractivity contribution in [1.29, 1.82) is 0 Å². The SMILES string of the molecule is CCN(CC)S(=O)(=O)c1ccc(NC(=O)c2c(C)oc(C)c2Br)cc1. The molecule has 1 aromatic heterocycles. The van der Waals surface area contributed by atoms with Gasteiger partial charge in [-0.25, -0.2) is 8.42 Å². The van der Waals surface area contributed by atoms with Crippen LogP contribution in [-0.4, -0.2) is 31.7 Å². The van der Waals surface area contributed by atoms with Crippen LogP contribution in [0.3, 0.4) is 0 Å². The first kappa shape index (κ1) is 19.7. The van der Waals surface area contributed by atoms with E-state index in [-0.39, 0.29) is 10.8 Å². The predicted octanol–water partition coefficient (Wildman–Crippen LogP) is 3.94. The van der Waals surface area contributed by atoms with Crippen molar-refractivity contribution in [3.63, 3.8) is 0 Å². The molecule has 2 rings (SSSR count). The molecule has 6 nitrogen and oxygen atoms in total. The Labute approximate surface area is 156 Å². The van der Waals surface area contributed by atoms with E-state index in [0.717, 1.165) is 0 Å². The van der Waals surface area contributed by atoms with Gasteiger partial charge in [0.15, 0.2) is 0 Å². The van der Waals surface area contributed by atoms with Gasteiger partial charge in [-0.15, -0.1) is 0 Å². The van der Waals surface area contributed by atoms with E-state index in [0.29, 0.717) is 40.3 Å². The van der Waals surface area contributed by atoms with Crippen LogP contribution in [0.1, 0.15) is 35.7 Å². The molecule has 0 radical (unpaired) electrons. The second kappa shape index (κ2) is 7.72. The maximum absolute atomic E-state index is 12.5. The first-order valence-electron chi connectivity index (χ1n) is 7.89. The Morgan fingerprint density at radius 3 is 2.12 bits per heavy atom. The standard InChI is InChI=1S/C17H21BrN2O4S/c1-5-20(6-2)25(22,23)14-9-7-13(8-10-14)19-17(21)15-11(3)24-12(4)16(15)18/h7-10H,5-6H2,1-4H3,(H,19,21). The molecule has 0 saturated carbocycles. The molecule has 1 N–H and O–H groups in total. The summed E-state index contributed by atoms with van der Waals surface area (Å²) in [6, 6.07) is 6.13. The summed E-state index contributed by atoms with van der Waals surface area (Å²) >= 11 is 3.35. The molecule has 8 heteroatoms. The Morgan fingerprint density at radius 1 is 1.12 bits per heavy atom. The number of rotatable bonds is 6. The lowest BCUT2D eigenvalue weighted by Gasteiger charge is -2.18. The van der Waals surface area contributed by atoms with Gasteiger partial charge < -0.3 is 9.73 Å². The zero-order chi connectivity index (χ0) is 18.8. The Bertz CT molecular complexity index is 869. The van der Waals surface area contributed by atoms with Crippen molar-refractivity contribution in [2.75, 3.05) is 18.4 Å². The van der Waals surface area contributed by atoms with Gasteiger partial charge in [-0.2, -0.15) is 4.31 Å². The van der Waals surface area contributed by atoms with Gasteiger partial charge in [0, 0.05) is 18.8 Å². The van der Waals surface area contributed by atoms with Gasteiger partial charge in [-0.3, -0.25) is 4.79 Å². The van der Waals surface area contributed by atoms with Crippen molar-refractivity contribution < 1.29 is 17.6 Å². The Balaban J connectivity index is 2.22. The van der Waals surface area contributed by atoms with Gasteiger partial charge in [-0.05, 0) is 54.0 Å². The molecule has 0 atom stereocenters. The monoisotopic (exact) mass is 428 g/mol. The van der Waals surface area contributed by atoms with Crippen LogP contribution in [0.4, 0.5) is 5.69 Å². The number of carbonyl (C=O) groups excluding carboxylic acids is 1. The molecule has 1 heterocycles. The van der Waals surface area contributed by atoms with Crippen molar-refractivity contribution in [3.05, 3.63) is 45.8 Å². The Hall–Kier alpha value is -1.64. The molecule has 0 bridgehead atoms. The molecule has 25 heavy (non-hydrogen) atoms. The third-order valence-corrected chi connectivity index (χ3v) is 6.89. The van der Waals surface area contributed by atoms with E-state index >= 15 is 0 Å². The van der Waals surface area contributed by atoms with Gasteiger partial charge in [0.25, 0.3) is 5.91 Å². The molecule has 0 spiro atoms. The highest BCUT2D eigenvalue weighted by Crippen LogP contribution is 2.28. The fourth-order valence-electron chi connectivity index (χ4n) is 2.53. The number of halogens is 1. The minimum Gasteiger partial charge on any atom is -0.465 e.